The van der Waals surface area contributed by atoms with Crippen molar-refractivity contribution >= 4 is 27.3 Å². The van der Waals surface area contributed by atoms with E-state index in [0.717, 1.165) is 24.0 Å². The Morgan fingerprint density at radius 3 is 2.78 bits per heavy atom. The Hall–Kier alpha value is -2.54. The van der Waals surface area contributed by atoms with Gasteiger partial charge >= 0.3 is 0 Å². The molecule has 1 aliphatic rings. The highest BCUT2D eigenvalue weighted by Gasteiger charge is 2.26. The van der Waals surface area contributed by atoms with Crippen LogP contribution in [-0.2, 0) is 27.7 Å². The minimum Gasteiger partial charge on any atom is -0.497 e. The number of carbonyl (C=O) groups is 1. The fraction of sp³-hybridized carbons (Fsp3) is 0.350. The first kappa shape index (κ1) is 19.2. The van der Waals surface area contributed by atoms with Crippen LogP contribution in [0.3, 0.4) is 0 Å². The molecule has 0 aliphatic carbocycles. The maximum atomic E-state index is 12.4. The lowest BCUT2D eigenvalue weighted by molar-refractivity contribution is -0.115. The number of sulfonamides is 1. The molecule has 2 aromatic carbocycles. The molecule has 0 fully saturated rings. The molecule has 7 heteroatoms. The van der Waals surface area contributed by atoms with Crippen LogP contribution in [-0.4, -0.2) is 33.7 Å². The summed E-state index contributed by atoms with van der Waals surface area (Å²) in [7, 11) is -1.69. The first-order valence-electron chi connectivity index (χ1n) is 8.99. The second-order valence-corrected chi connectivity index (χ2v) is 8.68. The van der Waals surface area contributed by atoms with Gasteiger partial charge in [0.1, 0.15) is 5.75 Å². The largest absolute Gasteiger partial charge is 0.497 e. The molecule has 0 atom stereocenters. The molecule has 0 saturated heterocycles. The van der Waals surface area contributed by atoms with Crippen LogP contribution < -0.4 is 14.4 Å². The Morgan fingerprint density at radius 2 is 2.04 bits per heavy atom. The van der Waals surface area contributed by atoms with Gasteiger partial charge in [-0.3, -0.25) is 9.10 Å². The number of aryl methyl sites for hydroxylation is 1. The monoisotopic (exact) mass is 388 g/mol. The molecule has 0 radical (unpaired) electrons. The Kier molecular flexibility index (Phi) is 5.70. The Labute approximate surface area is 160 Å². The zero-order valence-electron chi connectivity index (χ0n) is 15.6. The third-order valence-corrected chi connectivity index (χ3v) is 6.42. The van der Waals surface area contributed by atoms with E-state index in [4.69, 9.17) is 4.74 Å². The summed E-state index contributed by atoms with van der Waals surface area (Å²) in [5.41, 5.74) is 3.20. The van der Waals surface area contributed by atoms with Crippen LogP contribution in [0.15, 0.2) is 42.5 Å². The summed E-state index contributed by atoms with van der Waals surface area (Å²) < 4.78 is 31.2. The zero-order valence-corrected chi connectivity index (χ0v) is 16.4. The molecule has 0 saturated carbocycles. The van der Waals surface area contributed by atoms with Gasteiger partial charge in [0.2, 0.25) is 15.9 Å². The van der Waals surface area contributed by atoms with Gasteiger partial charge in [0.25, 0.3) is 0 Å². The molecule has 0 spiro atoms. The topological polar surface area (TPSA) is 75.7 Å². The van der Waals surface area contributed by atoms with Crippen molar-refractivity contribution < 1.29 is 17.9 Å². The van der Waals surface area contributed by atoms with Crippen LogP contribution in [0.5, 0.6) is 5.75 Å². The van der Waals surface area contributed by atoms with Crippen molar-refractivity contribution in [3.8, 4) is 5.75 Å². The molecule has 1 heterocycles. The van der Waals surface area contributed by atoms with Crippen molar-refractivity contribution in [3.63, 3.8) is 0 Å². The molecular formula is C20H24N2O4S. The zero-order chi connectivity index (χ0) is 19.4. The van der Waals surface area contributed by atoms with Gasteiger partial charge in [-0.05, 0) is 61.2 Å². The summed E-state index contributed by atoms with van der Waals surface area (Å²) in [6.45, 7) is 2.15. The SMILES string of the molecule is CCS(=O)(=O)N1CCCc2cc(NC(=O)Cc3cccc(OC)c3)ccc21. The predicted octanol–water partition coefficient (Wildman–Crippen LogP) is 2.98. The fourth-order valence-corrected chi connectivity index (χ4v) is 4.45. The molecule has 144 valence electrons. The number of hydrogen-bond donors (Lipinski definition) is 1. The smallest absolute Gasteiger partial charge is 0.234 e. The standard InChI is InChI=1S/C20H24N2O4S/c1-3-27(24,25)22-11-5-7-16-14-17(9-10-19(16)22)21-20(23)13-15-6-4-8-18(12-15)26-2/h4,6,8-10,12,14H,3,5,7,11,13H2,1-2H3,(H,21,23). The number of ether oxygens (including phenoxy) is 1. The summed E-state index contributed by atoms with van der Waals surface area (Å²) >= 11 is 0. The van der Waals surface area contributed by atoms with E-state index in [2.05, 4.69) is 5.32 Å². The van der Waals surface area contributed by atoms with Gasteiger partial charge < -0.3 is 10.1 Å². The molecule has 6 nitrogen and oxygen atoms in total. The summed E-state index contributed by atoms with van der Waals surface area (Å²) in [5.74, 6) is 0.661. The first-order valence-corrected chi connectivity index (χ1v) is 10.6. The number of nitrogens with zero attached hydrogens (tertiary/aromatic N) is 1. The molecule has 0 bridgehead atoms. The number of rotatable bonds is 6. The van der Waals surface area contributed by atoms with Crippen LogP contribution in [0.4, 0.5) is 11.4 Å². The van der Waals surface area contributed by atoms with E-state index in [-0.39, 0.29) is 18.1 Å². The third kappa shape index (κ3) is 4.42. The summed E-state index contributed by atoms with van der Waals surface area (Å²) in [6.07, 6.45) is 1.81. The number of amides is 1. The number of benzene rings is 2. The summed E-state index contributed by atoms with van der Waals surface area (Å²) in [6, 6.07) is 12.8. The van der Waals surface area contributed by atoms with Gasteiger partial charge in [0.05, 0.1) is 25.0 Å². The highest BCUT2D eigenvalue weighted by molar-refractivity contribution is 7.92. The van der Waals surface area contributed by atoms with Gasteiger partial charge in [0.15, 0.2) is 0 Å². The first-order chi connectivity index (χ1) is 12.9. The number of methoxy groups -OCH3 is 1. The Morgan fingerprint density at radius 1 is 1.22 bits per heavy atom. The quantitative estimate of drug-likeness (QED) is 0.825. The average Bonchev–Trinajstić information content (AvgIpc) is 2.67. The molecule has 27 heavy (non-hydrogen) atoms. The van der Waals surface area contributed by atoms with E-state index < -0.39 is 10.0 Å². The molecular weight excluding hydrogens is 364 g/mol. The fourth-order valence-electron chi connectivity index (χ4n) is 3.26. The number of hydrogen-bond acceptors (Lipinski definition) is 4. The predicted molar refractivity (Wildman–Crippen MR) is 107 cm³/mol. The van der Waals surface area contributed by atoms with Crippen LogP contribution in [0.25, 0.3) is 0 Å². The lowest BCUT2D eigenvalue weighted by Gasteiger charge is -2.30. The van der Waals surface area contributed by atoms with Crippen molar-refractivity contribution in [2.45, 2.75) is 26.2 Å². The minimum atomic E-state index is -3.28. The van der Waals surface area contributed by atoms with Gasteiger partial charge in [-0.2, -0.15) is 0 Å². The number of anilines is 2. The highest BCUT2D eigenvalue weighted by Crippen LogP contribution is 2.31. The van der Waals surface area contributed by atoms with Crippen LogP contribution in [0, 0.1) is 0 Å². The molecule has 1 N–H and O–H groups in total. The molecule has 0 unspecified atom stereocenters. The number of fused-ring (bicyclic) bond motifs is 1. The summed E-state index contributed by atoms with van der Waals surface area (Å²) in [5, 5.41) is 2.90. The lowest BCUT2D eigenvalue weighted by atomic mass is 10.0. The van der Waals surface area contributed by atoms with Crippen molar-refractivity contribution in [3.05, 3.63) is 53.6 Å². The average molecular weight is 388 g/mol. The van der Waals surface area contributed by atoms with E-state index >= 15 is 0 Å². The Bertz CT molecular complexity index is 941. The lowest BCUT2D eigenvalue weighted by Crippen LogP contribution is -2.36. The Balaban J connectivity index is 1.74. The second kappa shape index (κ2) is 8.00. The summed E-state index contributed by atoms with van der Waals surface area (Å²) in [4.78, 5) is 12.4. The van der Waals surface area contributed by atoms with Gasteiger partial charge in [-0.15, -0.1) is 0 Å². The number of carbonyl (C=O) groups excluding carboxylic acids is 1. The molecule has 3 rings (SSSR count). The van der Waals surface area contributed by atoms with E-state index in [1.807, 2.05) is 30.3 Å². The van der Waals surface area contributed by atoms with E-state index in [9.17, 15) is 13.2 Å². The number of nitrogens with one attached hydrogen (secondary N) is 1. The maximum Gasteiger partial charge on any atom is 0.234 e. The van der Waals surface area contributed by atoms with Crippen molar-refractivity contribution in [1.29, 1.82) is 0 Å². The maximum absolute atomic E-state index is 12.4. The normalized spacial score (nSPS) is 13.8. The van der Waals surface area contributed by atoms with Crippen LogP contribution in [0.2, 0.25) is 0 Å². The molecule has 1 aliphatic heterocycles. The van der Waals surface area contributed by atoms with Gasteiger partial charge in [-0.25, -0.2) is 8.42 Å². The van der Waals surface area contributed by atoms with E-state index in [1.165, 1.54) is 4.31 Å². The van der Waals surface area contributed by atoms with Gasteiger partial charge in [0, 0.05) is 12.2 Å². The minimum absolute atomic E-state index is 0.0749. The van der Waals surface area contributed by atoms with E-state index in [0.29, 0.717) is 23.7 Å². The third-order valence-electron chi connectivity index (χ3n) is 4.64. The van der Waals surface area contributed by atoms with Gasteiger partial charge in [-0.1, -0.05) is 12.1 Å². The van der Waals surface area contributed by atoms with Crippen molar-refractivity contribution in [2.75, 3.05) is 29.0 Å². The van der Waals surface area contributed by atoms with Crippen molar-refractivity contribution in [1.82, 2.24) is 0 Å². The molecule has 0 aromatic heterocycles. The second-order valence-electron chi connectivity index (χ2n) is 6.50. The highest BCUT2D eigenvalue weighted by atomic mass is 32.2. The van der Waals surface area contributed by atoms with Crippen molar-refractivity contribution in [2.24, 2.45) is 0 Å². The molecule has 2 aromatic rings. The molecule has 1 amide bonds. The van der Waals surface area contributed by atoms with Crippen LogP contribution >= 0.6 is 0 Å². The van der Waals surface area contributed by atoms with E-state index in [1.54, 1.807) is 26.2 Å². The van der Waals surface area contributed by atoms with Crippen LogP contribution in [0.1, 0.15) is 24.5 Å².